The Hall–Kier alpha value is -2.58. The minimum atomic E-state index is -0.622. The Labute approximate surface area is 130 Å². The SMILES string of the molecule is O=c1[nH]c(-c2cn(CO)c3ccc(N4CCC(O)C4)cc23)no1. The number of aliphatic hydroxyl groups is 2. The predicted octanol–water partition coefficient (Wildman–Crippen LogP) is 0.505. The van der Waals surface area contributed by atoms with Crippen LogP contribution in [0.15, 0.2) is 33.7 Å². The summed E-state index contributed by atoms with van der Waals surface area (Å²) in [7, 11) is 0. The molecule has 8 heteroatoms. The zero-order valence-corrected chi connectivity index (χ0v) is 12.3. The van der Waals surface area contributed by atoms with Crippen molar-refractivity contribution in [3.05, 3.63) is 34.9 Å². The molecule has 0 spiro atoms. The number of nitrogens with one attached hydrogen (secondary N) is 1. The number of fused-ring (bicyclic) bond motifs is 1. The van der Waals surface area contributed by atoms with Crippen LogP contribution in [0.25, 0.3) is 22.3 Å². The van der Waals surface area contributed by atoms with Gasteiger partial charge in [-0.05, 0) is 24.6 Å². The van der Waals surface area contributed by atoms with Gasteiger partial charge in [0, 0.05) is 35.9 Å². The summed E-state index contributed by atoms with van der Waals surface area (Å²) in [6.07, 6.45) is 2.17. The molecular formula is C15H16N4O4. The first-order valence-electron chi connectivity index (χ1n) is 7.39. The van der Waals surface area contributed by atoms with Crippen LogP contribution in [0.1, 0.15) is 6.42 Å². The maximum atomic E-state index is 11.2. The average molecular weight is 316 g/mol. The van der Waals surface area contributed by atoms with Gasteiger partial charge in [0.1, 0.15) is 6.73 Å². The molecule has 1 saturated heterocycles. The molecule has 1 atom stereocenters. The third kappa shape index (κ3) is 2.32. The quantitative estimate of drug-likeness (QED) is 0.650. The van der Waals surface area contributed by atoms with Crippen LogP contribution in [-0.2, 0) is 6.73 Å². The Kier molecular flexibility index (Phi) is 3.21. The van der Waals surface area contributed by atoms with Gasteiger partial charge in [-0.3, -0.25) is 9.51 Å². The molecule has 120 valence electrons. The lowest BCUT2D eigenvalue weighted by molar-refractivity contribution is 0.198. The van der Waals surface area contributed by atoms with Crippen molar-refractivity contribution in [3.8, 4) is 11.4 Å². The van der Waals surface area contributed by atoms with E-state index < -0.39 is 5.76 Å². The lowest BCUT2D eigenvalue weighted by Gasteiger charge is -2.18. The van der Waals surface area contributed by atoms with Crippen molar-refractivity contribution in [1.29, 1.82) is 0 Å². The van der Waals surface area contributed by atoms with Gasteiger partial charge in [0.25, 0.3) is 0 Å². The summed E-state index contributed by atoms with van der Waals surface area (Å²) in [5, 5.41) is 23.8. The highest BCUT2D eigenvalue weighted by atomic mass is 16.5. The Morgan fingerprint density at radius 1 is 1.43 bits per heavy atom. The summed E-state index contributed by atoms with van der Waals surface area (Å²) in [6, 6.07) is 5.84. The third-order valence-corrected chi connectivity index (χ3v) is 4.24. The van der Waals surface area contributed by atoms with Crippen LogP contribution >= 0.6 is 0 Å². The molecule has 1 aromatic carbocycles. The van der Waals surface area contributed by atoms with Crippen molar-refractivity contribution in [2.45, 2.75) is 19.3 Å². The molecule has 2 aromatic heterocycles. The van der Waals surface area contributed by atoms with Gasteiger partial charge >= 0.3 is 5.76 Å². The van der Waals surface area contributed by atoms with Gasteiger partial charge in [-0.2, -0.15) is 0 Å². The highest BCUT2D eigenvalue weighted by Crippen LogP contribution is 2.32. The van der Waals surface area contributed by atoms with E-state index in [0.29, 0.717) is 17.9 Å². The summed E-state index contributed by atoms with van der Waals surface area (Å²) in [6.45, 7) is 1.21. The summed E-state index contributed by atoms with van der Waals surface area (Å²) in [4.78, 5) is 15.9. The fourth-order valence-corrected chi connectivity index (χ4v) is 3.11. The van der Waals surface area contributed by atoms with E-state index in [0.717, 1.165) is 29.6 Å². The zero-order chi connectivity index (χ0) is 16.0. The maximum Gasteiger partial charge on any atom is 0.439 e. The molecule has 4 rings (SSSR count). The molecule has 0 amide bonds. The topological polar surface area (TPSA) is 108 Å². The van der Waals surface area contributed by atoms with Crippen molar-refractivity contribution in [2.75, 3.05) is 18.0 Å². The number of benzene rings is 1. The smallest absolute Gasteiger partial charge is 0.391 e. The van der Waals surface area contributed by atoms with Crippen LogP contribution < -0.4 is 10.7 Å². The monoisotopic (exact) mass is 316 g/mol. The van der Waals surface area contributed by atoms with Gasteiger partial charge < -0.3 is 19.7 Å². The minimum Gasteiger partial charge on any atom is -0.391 e. The van der Waals surface area contributed by atoms with E-state index in [4.69, 9.17) is 0 Å². The summed E-state index contributed by atoms with van der Waals surface area (Å²) in [5.41, 5.74) is 2.49. The second-order valence-electron chi connectivity index (χ2n) is 5.69. The second-order valence-corrected chi connectivity index (χ2v) is 5.69. The molecule has 1 aliphatic rings. The van der Waals surface area contributed by atoms with Crippen molar-refractivity contribution in [3.63, 3.8) is 0 Å². The molecule has 3 N–H and O–H groups in total. The number of aliphatic hydroxyl groups excluding tert-OH is 2. The Bertz CT molecular complexity index is 910. The first kappa shape index (κ1) is 14.0. The number of β-amino-alcohol motifs (C(OH)–C–C–N with tert-alkyl or cyclic N) is 1. The van der Waals surface area contributed by atoms with Crippen molar-refractivity contribution in [2.24, 2.45) is 0 Å². The summed E-state index contributed by atoms with van der Waals surface area (Å²) >= 11 is 0. The van der Waals surface area contributed by atoms with E-state index in [-0.39, 0.29) is 12.8 Å². The molecule has 0 aliphatic carbocycles. The average Bonchev–Trinajstić information content (AvgIpc) is 3.24. The first-order valence-corrected chi connectivity index (χ1v) is 7.39. The van der Waals surface area contributed by atoms with Gasteiger partial charge in [-0.25, -0.2) is 4.79 Å². The number of hydrogen-bond acceptors (Lipinski definition) is 6. The lowest BCUT2D eigenvalue weighted by atomic mass is 10.1. The molecule has 3 aromatic rings. The van der Waals surface area contributed by atoms with Crippen molar-refractivity contribution < 1.29 is 14.7 Å². The number of aromatic amines is 1. The van der Waals surface area contributed by atoms with E-state index in [1.165, 1.54) is 0 Å². The van der Waals surface area contributed by atoms with Gasteiger partial charge in [-0.1, -0.05) is 5.16 Å². The van der Waals surface area contributed by atoms with Gasteiger partial charge in [0.05, 0.1) is 11.6 Å². The number of rotatable bonds is 3. The molecule has 23 heavy (non-hydrogen) atoms. The van der Waals surface area contributed by atoms with E-state index in [1.54, 1.807) is 10.8 Å². The molecule has 1 unspecified atom stereocenters. The van der Waals surface area contributed by atoms with E-state index >= 15 is 0 Å². The van der Waals surface area contributed by atoms with Crippen molar-refractivity contribution >= 4 is 16.6 Å². The Morgan fingerprint density at radius 2 is 2.30 bits per heavy atom. The molecular weight excluding hydrogens is 300 g/mol. The first-order chi connectivity index (χ1) is 11.2. The highest BCUT2D eigenvalue weighted by molar-refractivity contribution is 5.96. The molecule has 0 radical (unpaired) electrons. The highest BCUT2D eigenvalue weighted by Gasteiger charge is 2.22. The minimum absolute atomic E-state index is 0.180. The summed E-state index contributed by atoms with van der Waals surface area (Å²) in [5.74, 6) is -0.297. The van der Waals surface area contributed by atoms with Gasteiger partial charge in [-0.15, -0.1) is 0 Å². The fraction of sp³-hybridized carbons (Fsp3) is 0.333. The number of anilines is 1. The van der Waals surface area contributed by atoms with Crippen LogP contribution in [0.2, 0.25) is 0 Å². The molecule has 8 nitrogen and oxygen atoms in total. The lowest BCUT2D eigenvalue weighted by Crippen LogP contribution is -2.20. The largest absolute Gasteiger partial charge is 0.439 e. The molecule has 1 aliphatic heterocycles. The molecule has 1 fully saturated rings. The van der Waals surface area contributed by atoms with Gasteiger partial charge in [0.15, 0.2) is 5.82 Å². The van der Waals surface area contributed by atoms with E-state index in [2.05, 4.69) is 19.6 Å². The van der Waals surface area contributed by atoms with Crippen molar-refractivity contribution in [1.82, 2.24) is 14.7 Å². The summed E-state index contributed by atoms with van der Waals surface area (Å²) < 4.78 is 6.25. The second kappa shape index (κ2) is 5.25. The standard InChI is InChI=1S/C15H16N4O4/c20-8-19-7-12(14-16-15(22)23-17-14)11-5-9(1-2-13(11)19)18-4-3-10(21)6-18/h1-2,5,7,10,20-21H,3-4,6,8H2,(H,16,17,22). The fourth-order valence-electron chi connectivity index (χ4n) is 3.11. The predicted molar refractivity (Wildman–Crippen MR) is 83.1 cm³/mol. The van der Waals surface area contributed by atoms with E-state index in [1.807, 2.05) is 18.2 Å². The van der Waals surface area contributed by atoms with E-state index in [9.17, 15) is 15.0 Å². The number of H-pyrrole nitrogens is 1. The van der Waals surface area contributed by atoms with Gasteiger partial charge in [0.2, 0.25) is 0 Å². The van der Waals surface area contributed by atoms with Crippen LogP contribution in [0.3, 0.4) is 0 Å². The third-order valence-electron chi connectivity index (χ3n) is 4.24. The normalized spacial score (nSPS) is 18.2. The van der Waals surface area contributed by atoms with Crippen LogP contribution in [0.4, 0.5) is 5.69 Å². The van der Waals surface area contributed by atoms with Crippen LogP contribution in [0.5, 0.6) is 0 Å². The number of hydrogen-bond donors (Lipinski definition) is 3. The molecule has 0 bridgehead atoms. The number of nitrogens with zero attached hydrogens (tertiary/aromatic N) is 3. The number of aromatic nitrogens is 3. The Morgan fingerprint density at radius 3 is 2.96 bits per heavy atom. The molecule has 3 heterocycles. The zero-order valence-electron chi connectivity index (χ0n) is 12.3. The van der Waals surface area contributed by atoms with Crippen LogP contribution in [-0.4, -0.2) is 44.1 Å². The maximum absolute atomic E-state index is 11.2. The Balaban J connectivity index is 1.86. The molecule has 0 saturated carbocycles. The van der Waals surface area contributed by atoms with Crippen LogP contribution in [0, 0.1) is 0 Å².